The van der Waals surface area contributed by atoms with Gasteiger partial charge in [0.2, 0.25) is 0 Å². The fourth-order valence-electron chi connectivity index (χ4n) is 2.16. The molecule has 0 bridgehead atoms. The maximum Gasteiger partial charge on any atom is 0.121 e. The summed E-state index contributed by atoms with van der Waals surface area (Å²) in [5.74, 6) is 0. The Balaban J connectivity index is 2.22. The van der Waals surface area contributed by atoms with Crippen LogP contribution in [0.15, 0.2) is 0 Å². The zero-order valence-electron chi connectivity index (χ0n) is 11.4. The fourth-order valence-corrected chi connectivity index (χ4v) is 2.16. The molecule has 0 atom stereocenters. The van der Waals surface area contributed by atoms with Crippen molar-refractivity contribution in [3.05, 3.63) is 0 Å². The highest BCUT2D eigenvalue weighted by molar-refractivity contribution is 5.50. The van der Waals surface area contributed by atoms with Crippen molar-refractivity contribution in [1.82, 2.24) is 14.7 Å². The predicted octanol–water partition coefficient (Wildman–Crippen LogP) is -0.286. The average molecular weight is 255 g/mol. The molecular formula is C13H25N3O2. The molecule has 1 aliphatic heterocycles. The van der Waals surface area contributed by atoms with Gasteiger partial charge in [0.1, 0.15) is 12.6 Å². The minimum absolute atomic E-state index is 0.557. The van der Waals surface area contributed by atoms with Crippen LogP contribution in [0.2, 0.25) is 0 Å². The van der Waals surface area contributed by atoms with Crippen molar-refractivity contribution in [2.24, 2.45) is 0 Å². The highest BCUT2D eigenvalue weighted by Gasteiger charge is 2.14. The molecule has 1 fully saturated rings. The minimum atomic E-state index is 0.557. The molecule has 5 nitrogen and oxygen atoms in total. The lowest BCUT2D eigenvalue weighted by atomic mass is 10.3. The zero-order chi connectivity index (χ0) is 13.2. The Bertz CT molecular complexity index is 228. The molecule has 1 aliphatic rings. The first kappa shape index (κ1) is 15.3. The number of hydrogen-bond acceptors (Lipinski definition) is 5. The van der Waals surface area contributed by atoms with Crippen LogP contribution in [0.5, 0.6) is 0 Å². The third kappa shape index (κ3) is 6.23. The molecule has 0 aromatic rings. The van der Waals surface area contributed by atoms with E-state index in [1.54, 1.807) is 0 Å². The Morgan fingerprint density at radius 2 is 1.50 bits per heavy atom. The second-order valence-corrected chi connectivity index (χ2v) is 4.90. The Labute approximate surface area is 110 Å². The van der Waals surface area contributed by atoms with Crippen molar-refractivity contribution in [2.45, 2.75) is 12.8 Å². The third-order valence-corrected chi connectivity index (χ3v) is 3.45. The lowest BCUT2D eigenvalue weighted by Crippen LogP contribution is -2.47. The van der Waals surface area contributed by atoms with Crippen molar-refractivity contribution >= 4 is 12.6 Å². The molecule has 0 radical (unpaired) electrons. The van der Waals surface area contributed by atoms with Crippen LogP contribution in [0.3, 0.4) is 0 Å². The van der Waals surface area contributed by atoms with Crippen LogP contribution in [-0.2, 0) is 9.59 Å². The van der Waals surface area contributed by atoms with Gasteiger partial charge in [-0.3, -0.25) is 4.90 Å². The van der Waals surface area contributed by atoms with Crippen LogP contribution in [0, 0.1) is 0 Å². The molecule has 0 aromatic heterocycles. The Kier molecular flexibility index (Phi) is 7.80. The van der Waals surface area contributed by atoms with Crippen molar-refractivity contribution in [3.63, 3.8) is 0 Å². The molecule has 0 aromatic carbocycles. The normalized spacial score (nSPS) is 18.1. The molecule has 1 heterocycles. The van der Waals surface area contributed by atoms with Gasteiger partial charge >= 0.3 is 0 Å². The molecule has 1 saturated heterocycles. The molecule has 1 rings (SSSR count). The lowest BCUT2D eigenvalue weighted by molar-refractivity contribution is -0.108. The summed E-state index contributed by atoms with van der Waals surface area (Å²) >= 11 is 0. The maximum absolute atomic E-state index is 10.4. The molecule has 0 aliphatic carbocycles. The smallest absolute Gasteiger partial charge is 0.121 e. The fraction of sp³-hybridized carbons (Fsp3) is 0.846. The second-order valence-electron chi connectivity index (χ2n) is 4.90. The van der Waals surface area contributed by atoms with E-state index in [-0.39, 0.29) is 0 Å². The molecule has 5 heteroatoms. The van der Waals surface area contributed by atoms with Gasteiger partial charge in [-0.2, -0.15) is 0 Å². The number of hydrogen-bond donors (Lipinski definition) is 0. The molecule has 0 spiro atoms. The average Bonchev–Trinajstić information content (AvgIpc) is 2.40. The van der Waals surface area contributed by atoms with E-state index in [1.807, 2.05) is 0 Å². The van der Waals surface area contributed by atoms with Crippen LogP contribution in [0.4, 0.5) is 0 Å². The standard InChI is InChI=1S/C13H25N3O2/c1-14-6-8-16(9-7-14)11-10-15(4-2-12-17)5-3-13-18/h12-13H,2-11H2,1H3. The third-order valence-electron chi connectivity index (χ3n) is 3.45. The molecule has 0 amide bonds. The van der Waals surface area contributed by atoms with Crippen LogP contribution >= 0.6 is 0 Å². The molecule has 0 N–H and O–H groups in total. The number of piperazine rings is 1. The number of rotatable bonds is 9. The van der Waals surface area contributed by atoms with Gasteiger partial charge in [0.05, 0.1) is 0 Å². The van der Waals surface area contributed by atoms with E-state index < -0.39 is 0 Å². The van der Waals surface area contributed by atoms with E-state index in [9.17, 15) is 9.59 Å². The van der Waals surface area contributed by atoms with Crippen molar-refractivity contribution in [1.29, 1.82) is 0 Å². The maximum atomic E-state index is 10.4. The Morgan fingerprint density at radius 3 is 2.00 bits per heavy atom. The summed E-state index contributed by atoms with van der Waals surface area (Å²) in [6.45, 7) is 8.01. The molecule has 0 saturated carbocycles. The van der Waals surface area contributed by atoms with Crippen molar-refractivity contribution in [2.75, 3.05) is 59.4 Å². The first-order chi connectivity index (χ1) is 8.76. The predicted molar refractivity (Wildman–Crippen MR) is 71.7 cm³/mol. The highest BCUT2D eigenvalue weighted by Crippen LogP contribution is 2.00. The number of carbonyl (C=O) groups is 2. The van der Waals surface area contributed by atoms with Gasteiger partial charge in [-0.15, -0.1) is 0 Å². The number of carbonyl (C=O) groups excluding carboxylic acids is 2. The molecule has 18 heavy (non-hydrogen) atoms. The minimum Gasteiger partial charge on any atom is -0.304 e. The largest absolute Gasteiger partial charge is 0.304 e. The van der Waals surface area contributed by atoms with Gasteiger partial charge in [0.15, 0.2) is 0 Å². The number of nitrogens with zero attached hydrogens (tertiary/aromatic N) is 3. The summed E-state index contributed by atoms with van der Waals surface area (Å²) in [7, 11) is 2.15. The van der Waals surface area contributed by atoms with E-state index in [0.717, 1.165) is 64.9 Å². The van der Waals surface area contributed by atoms with Crippen LogP contribution in [0.1, 0.15) is 12.8 Å². The summed E-state index contributed by atoms with van der Waals surface area (Å²) in [6.07, 6.45) is 3.01. The Morgan fingerprint density at radius 1 is 0.944 bits per heavy atom. The van der Waals surface area contributed by atoms with E-state index in [1.165, 1.54) is 0 Å². The zero-order valence-corrected chi connectivity index (χ0v) is 11.4. The lowest BCUT2D eigenvalue weighted by Gasteiger charge is -2.33. The molecule has 104 valence electrons. The Hall–Kier alpha value is -0.780. The van der Waals surface area contributed by atoms with E-state index >= 15 is 0 Å². The van der Waals surface area contributed by atoms with E-state index in [0.29, 0.717) is 12.8 Å². The van der Waals surface area contributed by atoms with Crippen LogP contribution in [-0.4, -0.2) is 86.7 Å². The van der Waals surface area contributed by atoms with E-state index in [2.05, 4.69) is 21.7 Å². The summed E-state index contributed by atoms with van der Waals surface area (Å²) < 4.78 is 0. The summed E-state index contributed by atoms with van der Waals surface area (Å²) in [4.78, 5) is 27.8. The van der Waals surface area contributed by atoms with Crippen LogP contribution in [0.25, 0.3) is 0 Å². The second kappa shape index (κ2) is 9.19. The topological polar surface area (TPSA) is 43.9 Å². The van der Waals surface area contributed by atoms with Gasteiger partial charge in [-0.25, -0.2) is 0 Å². The first-order valence-corrected chi connectivity index (χ1v) is 6.76. The summed E-state index contributed by atoms with van der Waals surface area (Å²) in [5, 5.41) is 0. The van der Waals surface area contributed by atoms with Gasteiger partial charge in [0.25, 0.3) is 0 Å². The SMILES string of the molecule is CN1CCN(CCN(CCC=O)CCC=O)CC1. The van der Waals surface area contributed by atoms with Gasteiger partial charge in [0, 0.05) is 65.2 Å². The van der Waals surface area contributed by atoms with Crippen LogP contribution < -0.4 is 0 Å². The quantitative estimate of drug-likeness (QED) is 0.530. The summed E-state index contributed by atoms with van der Waals surface area (Å²) in [5.41, 5.74) is 0. The van der Waals surface area contributed by atoms with Gasteiger partial charge < -0.3 is 19.4 Å². The summed E-state index contributed by atoms with van der Waals surface area (Å²) in [6, 6.07) is 0. The van der Waals surface area contributed by atoms with E-state index in [4.69, 9.17) is 0 Å². The van der Waals surface area contributed by atoms with Crippen molar-refractivity contribution < 1.29 is 9.59 Å². The highest BCUT2D eigenvalue weighted by atomic mass is 16.1. The number of aldehydes is 2. The monoisotopic (exact) mass is 255 g/mol. The van der Waals surface area contributed by atoms with Gasteiger partial charge in [-0.1, -0.05) is 0 Å². The van der Waals surface area contributed by atoms with Gasteiger partial charge in [-0.05, 0) is 7.05 Å². The molecular weight excluding hydrogens is 230 g/mol. The molecule has 0 unspecified atom stereocenters. The van der Waals surface area contributed by atoms with Crippen molar-refractivity contribution in [3.8, 4) is 0 Å². The first-order valence-electron chi connectivity index (χ1n) is 6.76. The number of likely N-dealkylation sites (N-methyl/N-ethyl adjacent to an activating group) is 1.